The fourth-order valence-electron chi connectivity index (χ4n) is 3.29. The van der Waals surface area contributed by atoms with Crippen LogP contribution in [0.1, 0.15) is 29.8 Å². The normalized spacial score (nSPS) is 12.1. The van der Waals surface area contributed by atoms with Gasteiger partial charge in [0.05, 0.1) is 11.9 Å². The molecule has 0 aliphatic rings. The predicted octanol–water partition coefficient (Wildman–Crippen LogP) is 5.28. The third kappa shape index (κ3) is 4.40. The van der Waals surface area contributed by atoms with Crippen molar-refractivity contribution in [2.45, 2.75) is 26.4 Å². The minimum atomic E-state index is -0.280. The smallest absolute Gasteiger partial charge is 0.159 e. The lowest BCUT2D eigenvalue weighted by Gasteiger charge is -2.14. The van der Waals surface area contributed by atoms with E-state index in [0.717, 1.165) is 22.4 Å². The second kappa shape index (κ2) is 8.73. The topological polar surface area (TPSA) is 55.6 Å². The summed E-state index contributed by atoms with van der Waals surface area (Å²) >= 11 is 5.93. The maximum atomic E-state index is 13.5. The van der Waals surface area contributed by atoms with E-state index in [1.165, 1.54) is 12.1 Å². The average molecular weight is 422 g/mol. The van der Waals surface area contributed by atoms with Crippen molar-refractivity contribution in [3.63, 3.8) is 0 Å². The van der Waals surface area contributed by atoms with E-state index in [0.29, 0.717) is 23.1 Å². The summed E-state index contributed by atoms with van der Waals surface area (Å²) in [6, 6.07) is 13.9. The molecule has 4 rings (SSSR count). The molecule has 0 aliphatic carbocycles. The lowest BCUT2D eigenvalue weighted by atomic mass is 10.1. The Labute approximate surface area is 179 Å². The number of nitrogens with one attached hydrogen (secondary N) is 1. The minimum Gasteiger partial charge on any atom is -0.306 e. The first-order valence-electron chi connectivity index (χ1n) is 9.62. The van der Waals surface area contributed by atoms with Crippen molar-refractivity contribution in [3.8, 4) is 17.1 Å². The van der Waals surface area contributed by atoms with Crippen molar-refractivity contribution < 1.29 is 4.39 Å². The molecule has 2 heterocycles. The maximum absolute atomic E-state index is 13.5. The van der Waals surface area contributed by atoms with Gasteiger partial charge in [-0.2, -0.15) is 5.10 Å². The van der Waals surface area contributed by atoms with Gasteiger partial charge in [0.2, 0.25) is 0 Å². The highest BCUT2D eigenvalue weighted by Gasteiger charge is 2.14. The van der Waals surface area contributed by atoms with Crippen molar-refractivity contribution in [2.75, 3.05) is 0 Å². The highest BCUT2D eigenvalue weighted by atomic mass is 35.5. The minimum absolute atomic E-state index is 0.0586. The van der Waals surface area contributed by atoms with Crippen LogP contribution in [0.2, 0.25) is 5.02 Å². The predicted molar refractivity (Wildman–Crippen MR) is 116 cm³/mol. The van der Waals surface area contributed by atoms with Gasteiger partial charge in [0.25, 0.3) is 0 Å². The summed E-state index contributed by atoms with van der Waals surface area (Å²) in [5.41, 5.74) is 4.63. The van der Waals surface area contributed by atoms with Crippen molar-refractivity contribution in [1.82, 2.24) is 25.1 Å². The van der Waals surface area contributed by atoms with E-state index in [9.17, 15) is 4.39 Å². The Morgan fingerprint density at radius 3 is 2.50 bits per heavy atom. The van der Waals surface area contributed by atoms with Crippen LogP contribution in [0.3, 0.4) is 0 Å². The summed E-state index contributed by atoms with van der Waals surface area (Å²) in [6.07, 6.45) is 5.46. The van der Waals surface area contributed by atoms with E-state index in [1.807, 2.05) is 55.8 Å². The van der Waals surface area contributed by atoms with Gasteiger partial charge in [-0.25, -0.2) is 19.0 Å². The molecule has 152 valence electrons. The molecule has 0 bridgehead atoms. The average Bonchev–Trinajstić information content (AvgIpc) is 3.14. The third-order valence-corrected chi connectivity index (χ3v) is 5.24. The van der Waals surface area contributed by atoms with Gasteiger partial charge in [-0.3, -0.25) is 0 Å². The highest BCUT2D eigenvalue weighted by Crippen LogP contribution is 2.21. The zero-order chi connectivity index (χ0) is 21.1. The number of halogens is 2. The Morgan fingerprint density at radius 2 is 1.80 bits per heavy atom. The monoisotopic (exact) mass is 421 g/mol. The molecule has 0 saturated heterocycles. The molecule has 0 spiro atoms. The summed E-state index contributed by atoms with van der Waals surface area (Å²) < 4.78 is 15.3. The van der Waals surface area contributed by atoms with Crippen LogP contribution in [-0.4, -0.2) is 19.7 Å². The molecule has 2 aromatic heterocycles. The lowest BCUT2D eigenvalue weighted by molar-refractivity contribution is 0.570. The summed E-state index contributed by atoms with van der Waals surface area (Å²) in [5.74, 6) is 0.382. The highest BCUT2D eigenvalue weighted by molar-refractivity contribution is 6.30. The molecule has 0 saturated carbocycles. The van der Waals surface area contributed by atoms with E-state index >= 15 is 0 Å². The van der Waals surface area contributed by atoms with Gasteiger partial charge in [-0.1, -0.05) is 17.7 Å². The van der Waals surface area contributed by atoms with Gasteiger partial charge in [-0.15, -0.1) is 0 Å². The van der Waals surface area contributed by atoms with Gasteiger partial charge < -0.3 is 5.32 Å². The number of hydrogen-bond donors (Lipinski definition) is 1. The first kappa shape index (κ1) is 20.2. The summed E-state index contributed by atoms with van der Waals surface area (Å²) in [4.78, 5) is 8.91. The summed E-state index contributed by atoms with van der Waals surface area (Å²) in [7, 11) is 0. The van der Waals surface area contributed by atoms with Crippen LogP contribution in [0.4, 0.5) is 4.39 Å². The van der Waals surface area contributed by atoms with Gasteiger partial charge in [0.1, 0.15) is 5.82 Å². The standard InChI is InChI=1S/C23H21ClFN5/c1-15(22-14-29-30(16(22)2)21-5-3-4-20(25)10-21)26-11-17-12-27-23(28-13-17)18-6-8-19(24)9-7-18/h3-10,12-15,26H,11H2,1-2H3. The molecular formula is C23H21ClFN5. The second-order valence-electron chi connectivity index (χ2n) is 7.10. The maximum Gasteiger partial charge on any atom is 0.159 e. The van der Waals surface area contributed by atoms with Gasteiger partial charge in [0, 0.05) is 52.4 Å². The zero-order valence-corrected chi connectivity index (χ0v) is 17.4. The Kier molecular flexibility index (Phi) is 5.88. The van der Waals surface area contributed by atoms with Crippen LogP contribution >= 0.6 is 11.6 Å². The van der Waals surface area contributed by atoms with E-state index in [2.05, 4.69) is 27.3 Å². The van der Waals surface area contributed by atoms with Crippen LogP contribution in [0.15, 0.2) is 67.1 Å². The Morgan fingerprint density at radius 1 is 1.07 bits per heavy atom. The fraction of sp³-hybridized carbons (Fsp3) is 0.174. The molecule has 2 aromatic carbocycles. The summed E-state index contributed by atoms with van der Waals surface area (Å²) in [6.45, 7) is 4.67. The number of hydrogen-bond acceptors (Lipinski definition) is 4. The van der Waals surface area contributed by atoms with Crippen LogP contribution in [0.25, 0.3) is 17.1 Å². The molecule has 4 aromatic rings. The summed E-state index contributed by atoms with van der Waals surface area (Å²) in [5, 5.41) is 8.59. The number of aromatic nitrogens is 4. The molecule has 1 unspecified atom stereocenters. The lowest BCUT2D eigenvalue weighted by Crippen LogP contribution is -2.19. The molecule has 0 aliphatic heterocycles. The number of nitrogens with zero attached hydrogens (tertiary/aromatic N) is 4. The second-order valence-corrected chi connectivity index (χ2v) is 7.54. The molecule has 5 nitrogen and oxygen atoms in total. The van der Waals surface area contributed by atoms with E-state index < -0.39 is 0 Å². The van der Waals surface area contributed by atoms with Crippen molar-refractivity contribution in [2.24, 2.45) is 0 Å². The van der Waals surface area contributed by atoms with Crippen LogP contribution in [0.5, 0.6) is 0 Å². The van der Waals surface area contributed by atoms with Crippen LogP contribution in [-0.2, 0) is 6.54 Å². The van der Waals surface area contributed by atoms with E-state index in [1.54, 1.807) is 10.7 Å². The number of rotatable bonds is 6. The molecule has 30 heavy (non-hydrogen) atoms. The van der Waals surface area contributed by atoms with E-state index in [-0.39, 0.29) is 11.9 Å². The van der Waals surface area contributed by atoms with Crippen molar-refractivity contribution in [1.29, 1.82) is 0 Å². The molecule has 7 heteroatoms. The SMILES string of the molecule is Cc1c(C(C)NCc2cnc(-c3ccc(Cl)cc3)nc2)cnn1-c1cccc(F)c1. The van der Waals surface area contributed by atoms with Gasteiger partial charge in [-0.05, 0) is 56.3 Å². The van der Waals surface area contributed by atoms with Gasteiger partial charge in [0.15, 0.2) is 5.82 Å². The van der Waals surface area contributed by atoms with Gasteiger partial charge >= 0.3 is 0 Å². The molecule has 0 amide bonds. The van der Waals surface area contributed by atoms with E-state index in [4.69, 9.17) is 11.6 Å². The quantitative estimate of drug-likeness (QED) is 0.460. The molecule has 1 N–H and O–H groups in total. The first-order chi connectivity index (χ1) is 14.5. The van der Waals surface area contributed by atoms with Crippen LogP contribution in [0, 0.1) is 12.7 Å². The van der Waals surface area contributed by atoms with Crippen molar-refractivity contribution >= 4 is 11.6 Å². The molecule has 0 fully saturated rings. The Hall–Kier alpha value is -3.09. The Balaban J connectivity index is 1.42. The largest absolute Gasteiger partial charge is 0.306 e. The van der Waals surface area contributed by atoms with Crippen LogP contribution < -0.4 is 5.32 Å². The Bertz CT molecular complexity index is 1140. The fourth-order valence-corrected chi connectivity index (χ4v) is 3.42. The molecule has 0 radical (unpaired) electrons. The number of benzene rings is 2. The third-order valence-electron chi connectivity index (χ3n) is 4.99. The zero-order valence-electron chi connectivity index (χ0n) is 16.7. The first-order valence-corrected chi connectivity index (χ1v) is 10.00. The molecular weight excluding hydrogens is 401 g/mol. The molecule has 1 atom stereocenters. The van der Waals surface area contributed by atoms with Crippen molar-refractivity contribution in [3.05, 3.63) is 94.8 Å².